The van der Waals surface area contributed by atoms with Gasteiger partial charge in [0.2, 0.25) is 0 Å². The summed E-state index contributed by atoms with van der Waals surface area (Å²) in [5.74, 6) is -0.211. The van der Waals surface area contributed by atoms with Crippen molar-refractivity contribution in [3.63, 3.8) is 0 Å². The topological polar surface area (TPSA) is 62.4 Å². The summed E-state index contributed by atoms with van der Waals surface area (Å²) >= 11 is 0. The number of hydrazone groups is 1. The molecule has 6 nitrogen and oxygen atoms in total. The Kier molecular flexibility index (Phi) is 5.26. The Morgan fingerprint density at radius 3 is 2.44 bits per heavy atom. The van der Waals surface area contributed by atoms with E-state index in [4.69, 9.17) is 6.57 Å². The van der Waals surface area contributed by atoms with Crippen LogP contribution in [0.15, 0.2) is 28.5 Å². The largest absolute Gasteiger partial charge is 0.431 e. The Balaban J connectivity index is 2.34. The maximum absolute atomic E-state index is 13.1. The standard InChI is InChI=1S/C15H13F6N5O/c1-13(7-11(24-26-13)15(19,20)21)12(25-27-3)23-8-4-5-10(22-2)9(6-8)14(16,17)18/h4-6,26H,7H2,1,3H3,(H,23,25). The molecule has 0 saturated heterocycles. The van der Waals surface area contributed by atoms with Gasteiger partial charge in [-0.3, -0.25) is 5.43 Å². The first-order valence-corrected chi connectivity index (χ1v) is 7.29. The Bertz CT molecular complexity index is 823. The van der Waals surface area contributed by atoms with Gasteiger partial charge in [-0.1, -0.05) is 11.2 Å². The number of benzene rings is 1. The van der Waals surface area contributed by atoms with Crippen molar-refractivity contribution in [3.8, 4) is 0 Å². The lowest BCUT2D eigenvalue weighted by Crippen LogP contribution is -2.48. The summed E-state index contributed by atoms with van der Waals surface area (Å²) in [4.78, 5) is 7.41. The van der Waals surface area contributed by atoms with E-state index in [1.54, 1.807) is 0 Å². The van der Waals surface area contributed by atoms with Crippen LogP contribution in [-0.4, -0.2) is 30.4 Å². The third-order valence-corrected chi connectivity index (χ3v) is 3.68. The first-order valence-electron chi connectivity index (χ1n) is 7.29. The van der Waals surface area contributed by atoms with Crippen molar-refractivity contribution in [1.82, 2.24) is 5.43 Å². The van der Waals surface area contributed by atoms with Crippen LogP contribution in [0.5, 0.6) is 0 Å². The third-order valence-electron chi connectivity index (χ3n) is 3.68. The summed E-state index contributed by atoms with van der Waals surface area (Å²) in [6.07, 6.45) is -10.1. The number of oxime groups is 1. The lowest BCUT2D eigenvalue weighted by atomic mass is 9.95. The maximum Gasteiger partial charge on any atom is 0.431 e. The van der Waals surface area contributed by atoms with Crippen LogP contribution in [0.2, 0.25) is 0 Å². The van der Waals surface area contributed by atoms with E-state index in [-0.39, 0.29) is 11.5 Å². The maximum atomic E-state index is 13.1. The second kappa shape index (κ2) is 6.98. The lowest BCUT2D eigenvalue weighted by Gasteiger charge is -2.26. The van der Waals surface area contributed by atoms with Crippen LogP contribution in [-0.2, 0) is 11.0 Å². The molecule has 146 valence electrons. The fourth-order valence-electron chi connectivity index (χ4n) is 2.33. The highest BCUT2D eigenvalue weighted by atomic mass is 19.4. The van der Waals surface area contributed by atoms with Gasteiger partial charge in [0.1, 0.15) is 18.4 Å². The van der Waals surface area contributed by atoms with Gasteiger partial charge in [-0.15, -0.1) is 0 Å². The van der Waals surface area contributed by atoms with Gasteiger partial charge in [0, 0.05) is 12.1 Å². The zero-order valence-corrected chi connectivity index (χ0v) is 14.0. The Hall–Kier alpha value is -2.97. The Labute approximate surface area is 149 Å². The van der Waals surface area contributed by atoms with Crippen LogP contribution >= 0.6 is 0 Å². The molecule has 0 aliphatic carbocycles. The molecule has 1 atom stereocenters. The molecule has 1 heterocycles. The minimum absolute atomic E-state index is 0.131. The highest BCUT2D eigenvalue weighted by Crippen LogP contribution is 2.38. The SMILES string of the molecule is [C-]#[N+]c1ccc(N/C(=N/OC)C2(C)CC(C(F)(F)F)=NN2)cc1C(F)(F)F. The monoisotopic (exact) mass is 393 g/mol. The number of nitrogens with one attached hydrogen (secondary N) is 2. The molecule has 27 heavy (non-hydrogen) atoms. The molecule has 1 aliphatic rings. The average molecular weight is 393 g/mol. The molecule has 0 fully saturated rings. The predicted octanol–water partition coefficient (Wildman–Crippen LogP) is 4.30. The van der Waals surface area contributed by atoms with Gasteiger partial charge < -0.3 is 10.2 Å². The van der Waals surface area contributed by atoms with Crippen molar-refractivity contribution in [1.29, 1.82) is 0 Å². The van der Waals surface area contributed by atoms with Crippen LogP contribution in [0.4, 0.5) is 37.7 Å². The summed E-state index contributed by atoms with van der Waals surface area (Å²) in [5.41, 5.74) is -2.21. The first-order chi connectivity index (χ1) is 12.4. The summed E-state index contributed by atoms with van der Waals surface area (Å²) < 4.78 is 77.7. The van der Waals surface area contributed by atoms with E-state index in [1.807, 2.05) is 0 Å². The van der Waals surface area contributed by atoms with Crippen molar-refractivity contribution in [2.75, 3.05) is 12.4 Å². The van der Waals surface area contributed by atoms with E-state index in [0.29, 0.717) is 6.07 Å². The molecule has 1 aromatic rings. The molecule has 2 rings (SSSR count). The molecule has 0 radical (unpaired) electrons. The Morgan fingerprint density at radius 2 is 1.96 bits per heavy atom. The summed E-state index contributed by atoms with van der Waals surface area (Å²) in [6, 6.07) is 2.80. The van der Waals surface area contributed by atoms with Gasteiger partial charge in [-0.25, -0.2) is 4.85 Å². The molecule has 1 unspecified atom stereocenters. The van der Waals surface area contributed by atoms with E-state index in [0.717, 1.165) is 13.2 Å². The first kappa shape index (κ1) is 20.3. The number of nitrogens with zero attached hydrogens (tertiary/aromatic N) is 3. The molecule has 0 saturated carbocycles. The number of hydrogen-bond donors (Lipinski definition) is 2. The summed E-state index contributed by atoms with van der Waals surface area (Å²) in [6.45, 7) is 8.15. The van der Waals surface area contributed by atoms with E-state index < -0.39 is 41.3 Å². The molecule has 0 spiro atoms. The second-order valence-electron chi connectivity index (χ2n) is 5.77. The average Bonchev–Trinajstić information content (AvgIpc) is 2.97. The highest BCUT2D eigenvalue weighted by Gasteiger charge is 2.47. The highest BCUT2D eigenvalue weighted by molar-refractivity contribution is 6.07. The summed E-state index contributed by atoms with van der Waals surface area (Å²) in [5, 5.41) is 9.34. The second-order valence-corrected chi connectivity index (χ2v) is 5.77. The molecule has 0 aromatic heterocycles. The lowest BCUT2D eigenvalue weighted by molar-refractivity contribution is -0.136. The van der Waals surface area contributed by atoms with Crippen molar-refractivity contribution in [2.24, 2.45) is 10.3 Å². The van der Waals surface area contributed by atoms with Gasteiger partial charge in [0.05, 0.1) is 12.1 Å². The minimum atomic E-state index is -4.78. The zero-order valence-electron chi connectivity index (χ0n) is 14.0. The number of rotatable bonds is 3. The van der Waals surface area contributed by atoms with Crippen molar-refractivity contribution in [3.05, 3.63) is 35.2 Å². The fraction of sp³-hybridized carbons (Fsp3) is 0.400. The minimum Gasteiger partial charge on any atom is -0.398 e. The number of halogens is 6. The van der Waals surface area contributed by atoms with Crippen LogP contribution in [0, 0.1) is 6.57 Å². The fourth-order valence-corrected chi connectivity index (χ4v) is 2.33. The number of alkyl halides is 6. The molecule has 1 aliphatic heterocycles. The number of anilines is 1. The van der Waals surface area contributed by atoms with E-state index in [1.165, 1.54) is 13.0 Å². The van der Waals surface area contributed by atoms with E-state index >= 15 is 0 Å². The van der Waals surface area contributed by atoms with Crippen molar-refractivity contribution < 1.29 is 31.2 Å². The van der Waals surface area contributed by atoms with Gasteiger partial charge in [-0.05, 0) is 19.1 Å². The van der Waals surface area contributed by atoms with Gasteiger partial charge in [0.15, 0.2) is 11.5 Å². The van der Waals surface area contributed by atoms with Crippen LogP contribution in [0.1, 0.15) is 18.9 Å². The van der Waals surface area contributed by atoms with Gasteiger partial charge in [0.25, 0.3) is 0 Å². The van der Waals surface area contributed by atoms with Crippen molar-refractivity contribution in [2.45, 2.75) is 31.2 Å². The smallest absolute Gasteiger partial charge is 0.398 e. The van der Waals surface area contributed by atoms with Crippen molar-refractivity contribution >= 4 is 22.9 Å². The Morgan fingerprint density at radius 1 is 1.30 bits per heavy atom. The third kappa shape index (κ3) is 4.42. The molecule has 0 amide bonds. The molecule has 12 heteroatoms. The van der Waals surface area contributed by atoms with Gasteiger partial charge in [-0.2, -0.15) is 31.4 Å². The van der Waals surface area contributed by atoms with E-state index in [2.05, 4.69) is 30.7 Å². The molecular formula is C15H13F6N5O. The quantitative estimate of drug-likeness (QED) is 0.265. The van der Waals surface area contributed by atoms with Crippen LogP contribution in [0.3, 0.4) is 0 Å². The molecule has 1 aromatic carbocycles. The van der Waals surface area contributed by atoms with Gasteiger partial charge >= 0.3 is 12.4 Å². The number of hydrogen-bond acceptors (Lipinski definition) is 4. The summed E-state index contributed by atoms with van der Waals surface area (Å²) in [7, 11) is 1.13. The molecular weight excluding hydrogens is 380 g/mol. The zero-order chi connectivity index (χ0) is 20.5. The number of amidine groups is 1. The van der Waals surface area contributed by atoms with Crippen LogP contribution < -0.4 is 10.7 Å². The van der Waals surface area contributed by atoms with Crippen LogP contribution in [0.25, 0.3) is 4.85 Å². The molecule has 0 bridgehead atoms. The van der Waals surface area contributed by atoms with E-state index in [9.17, 15) is 26.3 Å². The normalized spacial score (nSPS) is 20.6. The predicted molar refractivity (Wildman–Crippen MR) is 85.4 cm³/mol. The molecule has 2 N–H and O–H groups in total.